The average molecular weight is 308 g/mol. The highest BCUT2D eigenvalue weighted by molar-refractivity contribution is 6.44. The van der Waals surface area contributed by atoms with Crippen LogP contribution in [-0.4, -0.2) is 25.2 Å². The van der Waals surface area contributed by atoms with E-state index in [0.717, 1.165) is 0 Å². The summed E-state index contributed by atoms with van der Waals surface area (Å²) in [5.41, 5.74) is 1.74. The Morgan fingerprint density at radius 3 is 2.09 bits per heavy atom. The van der Waals surface area contributed by atoms with Gasteiger partial charge in [0.2, 0.25) is 0 Å². The summed E-state index contributed by atoms with van der Waals surface area (Å²) < 4.78 is 15.8. The Bertz CT molecular complexity index is 836. The van der Waals surface area contributed by atoms with Crippen LogP contribution in [0.3, 0.4) is 0 Å². The molecule has 5 nitrogen and oxygen atoms in total. The number of ether oxygens (including phenoxy) is 3. The summed E-state index contributed by atoms with van der Waals surface area (Å²) in [6, 6.07) is 14.2. The Morgan fingerprint density at radius 1 is 0.696 bits per heavy atom. The molecule has 4 rings (SSSR count). The van der Waals surface area contributed by atoms with E-state index in [2.05, 4.69) is 0 Å². The molecule has 2 aromatic rings. The standard InChI is InChI=1S/C18H12O5/c19-17-15(11-4-2-1-3-5-11)16(18(20)23-17)12-6-7-13-14(10-12)22-9-8-21-13/h1-7,10H,8-9H2. The lowest BCUT2D eigenvalue weighted by Crippen LogP contribution is -2.15. The van der Waals surface area contributed by atoms with E-state index in [1.54, 1.807) is 42.5 Å². The van der Waals surface area contributed by atoms with Gasteiger partial charge in [0, 0.05) is 0 Å². The van der Waals surface area contributed by atoms with E-state index in [-0.39, 0.29) is 11.1 Å². The lowest BCUT2D eigenvalue weighted by atomic mass is 9.96. The van der Waals surface area contributed by atoms with Crippen molar-refractivity contribution in [1.82, 2.24) is 0 Å². The summed E-state index contributed by atoms with van der Waals surface area (Å²) in [7, 11) is 0. The van der Waals surface area contributed by atoms with Gasteiger partial charge in [-0.1, -0.05) is 36.4 Å². The summed E-state index contributed by atoms with van der Waals surface area (Å²) in [4.78, 5) is 24.3. The van der Waals surface area contributed by atoms with Gasteiger partial charge in [-0.05, 0) is 23.3 Å². The molecule has 0 fully saturated rings. The first kappa shape index (κ1) is 13.6. The monoisotopic (exact) mass is 308 g/mol. The van der Waals surface area contributed by atoms with Crippen LogP contribution in [0, 0.1) is 0 Å². The maximum Gasteiger partial charge on any atom is 0.347 e. The van der Waals surface area contributed by atoms with Gasteiger partial charge in [-0.2, -0.15) is 0 Å². The highest BCUT2D eigenvalue weighted by Gasteiger charge is 2.35. The van der Waals surface area contributed by atoms with Crippen molar-refractivity contribution >= 4 is 23.1 Å². The maximum atomic E-state index is 12.2. The molecule has 5 heteroatoms. The van der Waals surface area contributed by atoms with Gasteiger partial charge in [0.1, 0.15) is 13.2 Å². The molecule has 114 valence electrons. The number of hydrogen-bond acceptors (Lipinski definition) is 5. The van der Waals surface area contributed by atoms with Crippen LogP contribution in [0.2, 0.25) is 0 Å². The molecule has 2 heterocycles. The minimum Gasteiger partial charge on any atom is -0.486 e. The van der Waals surface area contributed by atoms with E-state index >= 15 is 0 Å². The first-order valence-electron chi connectivity index (χ1n) is 7.20. The fourth-order valence-corrected chi connectivity index (χ4v) is 2.72. The Morgan fingerprint density at radius 2 is 1.35 bits per heavy atom. The van der Waals surface area contributed by atoms with E-state index < -0.39 is 11.9 Å². The second-order valence-electron chi connectivity index (χ2n) is 5.15. The quantitative estimate of drug-likeness (QED) is 0.630. The second-order valence-corrected chi connectivity index (χ2v) is 5.15. The Labute approximate surface area is 132 Å². The van der Waals surface area contributed by atoms with Crippen LogP contribution in [0.15, 0.2) is 48.5 Å². The van der Waals surface area contributed by atoms with Crippen molar-refractivity contribution < 1.29 is 23.8 Å². The topological polar surface area (TPSA) is 61.8 Å². The number of carbonyl (C=O) groups excluding carboxylic acids is 2. The van der Waals surface area contributed by atoms with Crippen molar-refractivity contribution in [2.75, 3.05) is 13.2 Å². The molecule has 0 unspecified atom stereocenters. The van der Waals surface area contributed by atoms with Crippen LogP contribution in [0.5, 0.6) is 11.5 Å². The number of rotatable bonds is 2. The summed E-state index contributed by atoms with van der Waals surface area (Å²) in [5, 5.41) is 0. The summed E-state index contributed by atoms with van der Waals surface area (Å²) in [5.74, 6) is -0.100. The smallest absolute Gasteiger partial charge is 0.347 e. The number of esters is 2. The normalized spacial score (nSPS) is 16.5. The summed E-state index contributed by atoms with van der Waals surface area (Å²) >= 11 is 0. The number of fused-ring (bicyclic) bond motifs is 1. The van der Waals surface area contributed by atoms with Crippen LogP contribution in [0.25, 0.3) is 11.1 Å². The molecule has 0 aromatic heterocycles. The third-order valence-corrected chi connectivity index (χ3v) is 3.74. The van der Waals surface area contributed by atoms with Crippen LogP contribution >= 0.6 is 0 Å². The Kier molecular flexibility index (Phi) is 3.12. The highest BCUT2D eigenvalue weighted by Crippen LogP contribution is 2.38. The molecule has 2 aliphatic rings. The zero-order valence-electron chi connectivity index (χ0n) is 12.1. The third-order valence-electron chi connectivity index (χ3n) is 3.74. The van der Waals surface area contributed by atoms with Crippen LogP contribution in [-0.2, 0) is 14.3 Å². The molecule has 0 amide bonds. The molecule has 0 atom stereocenters. The lowest BCUT2D eigenvalue weighted by molar-refractivity contribution is -0.149. The maximum absolute atomic E-state index is 12.2. The molecule has 0 saturated carbocycles. The fraction of sp³-hybridized carbons (Fsp3) is 0.111. The van der Waals surface area contributed by atoms with E-state index in [4.69, 9.17) is 14.2 Å². The molecule has 23 heavy (non-hydrogen) atoms. The van der Waals surface area contributed by atoms with Crippen molar-refractivity contribution in [3.8, 4) is 11.5 Å². The van der Waals surface area contributed by atoms with Crippen molar-refractivity contribution in [3.05, 3.63) is 59.7 Å². The number of carbonyl (C=O) groups is 2. The Hall–Kier alpha value is -3.08. The third kappa shape index (κ3) is 2.26. The van der Waals surface area contributed by atoms with Gasteiger partial charge >= 0.3 is 11.9 Å². The van der Waals surface area contributed by atoms with Crippen molar-refractivity contribution in [3.63, 3.8) is 0 Å². The van der Waals surface area contributed by atoms with Crippen molar-refractivity contribution in [2.45, 2.75) is 0 Å². The molecule has 0 saturated heterocycles. The first-order valence-corrected chi connectivity index (χ1v) is 7.20. The molecule has 0 aliphatic carbocycles. The molecule has 0 bridgehead atoms. The SMILES string of the molecule is O=C1OC(=O)C(c2ccc3c(c2)OCCO3)=C1c1ccccc1. The molecular formula is C18H12O5. The van der Waals surface area contributed by atoms with Gasteiger partial charge in [-0.25, -0.2) is 9.59 Å². The van der Waals surface area contributed by atoms with E-state index in [1.165, 1.54) is 0 Å². The molecular weight excluding hydrogens is 296 g/mol. The van der Waals surface area contributed by atoms with E-state index in [0.29, 0.717) is 35.8 Å². The molecule has 0 radical (unpaired) electrons. The predicted molar refractivity (Wildman–Crippen MR) is 81.8 cm³/mol. The first-order chi connectivity index (χ1) is 11.2. The Balaban J connectivity index is 1.89. The number of benzene rings is 2. The number of hydrogen-bond donors (Lipinski definition) is 0. The second kappa shape index (κ2) is 5.28. The minimum atomic E-state index is -0.648. The van der Waals surface area contributed by atoms with E-state index in [1.807, 2.05) is 6.07 Å². The van der Waals surface area contributed by atoms with Crippen LogP contribution in [0.1, 0.15) is 11.1 Å². The summed E-state index contributed by atoms with van der Waals surface area (Å²) in [6.45, 7) is 0.940. The lowest BCUT2D eigenvalue weighted by Gasteiger charge is -2.18. The van der Waals surface area contributed by atoms with Crippen LogP contribution in [0.4, 0.5) is 0 Å². The molecule has 2 aromatic carbocycles. The van der Waals surface area contributed by atoms with Gasteiger partial charge in [-0.3, -0.25) is 0 Å². The van der Waals surface area contributed by atoms with Crippen molar-refractivity contribution in [2.24, 2.45) is 0 Å². The summed E-state index contributed by atoms with van der Waals surface area (Å²) in [6.07, 6.45) is 0. The number of cyclic esters (lactones) is 2. The zero-order chi connectivity index (χ0) is 15.8. The van der Waals surface area contributed by atoms with Crippen LogP contribution < -0.4 is 9.47 Å². The van der Waals surface area contributed by atoms with Gasteiger partial charge in [0.25, 0.3) is 0 Å². The average Bonchev–Trinajstić information content (AvgIpc) is 2.89. The van der Waals surface area contributed by atoms with Gasteiger partial charge in [-0.15, -0.1) is 0 Å². The van der Waals surface area contributed by atoms with Gasteiger partial charge in [0.15, 0.2) is 11.5 Å². The molecule has 0 N–H and O–H groups in total. The fourth-order valence-electron chi connectivity index (χ4n) is 2.72. The highest BCUT2D eigenvalue weighted by atomic mass is 16.6. The molecule has 0 spiro atoms. The largest absolute Gasteiger partial charge is 0.486 e. The predicted octanol–water partition coefficient (Wildman–Crippen LogP) is 2.45. The van der Waals surface area contributed by atoms with Crippen molar-refractivity contribution in [1.29, 1.82) is 0 Å². The van der Waals surface area contributed by atoms with E-state index in [9.17, 15) is 9.59 Å². The van der Waals surface area contributed by atoms with Gasteiger partial charge in [0.05, 0.1) is 11.1 Å². The minimum absolute atomic E-state index is 0.248. The zero-order valence-corrected chi connectivity index (χ0v) is 12.1. The molecule has 2 aliphatic heterocycles. The van der Waals surface area contributed by atoms with Gasteiger partial charge < -0.3 is 14.2 Å².